The van der Waals surface area contributed by atoms with E-state index in [1.165, 1.54) is 21.1 Å². The number of halogens is 2. The summed E-state index contributed by atoms with van der Waals surface area (Å²) >= 11 is 0. The minimum atomic E-state index is -2.53. The van der Waals surface area contributed by atoms with Crippen molar-refractivity contribution in [1.82, 2.24) is 5.32 Å². The topological polar surface area (TPSA) is 47.6 Å². The molecule has 84 valence electrons. The predicted molar refractivity (Wildman–Crippen MR) is 46.3 cm³/mol. The first-order valence-electron chi connectivity index (χ1n) is 4.09. The number of alkyl halides is 2. The molecule has 4 nitrogen and oxygen atoms in total. The van der Waals surface area contributed by atoms with Crippen LogP contribution in [0.15, 0.2) is 0 Å². The number of hydrogen-bond donors (Lipinski definition) is 1. The summed E-state index contributed by atoms with van der Waals surface area (Å²) in [4.78, 5) is 11.2. The lowest BCUT2D eigenvalue weighted by Crippen LogP contribution is -2.52. The van der Waals surface area contributed by atoms with E-state index < -0.39 is 24.5 Å². The third-order valence-corrected chi connectivity index (χ3v) is 1.82. The largest absolute Gasteiger partial charge is 0.468 e. The zero-order valence-electron chi connectivity index (χ0n) is 8.47. The number of carbonyl (C=O) groups is 1. The molecule has 14 heavy (non-hydrogen) atoms. The highest BCUT2D eigenvalue weighted by atomic mass is 19.3. The fraction of sp³-hybridized carbons (Fsp3) is 0.875. The van der Waals surface area contributed by atoms with Crippen LogP contribution in [-0.2, 0) is 14.3 Å². The van der Waals surface area contributed by atoms with Gasteiger partial charge in [-0.3, -0.25) is 0 Å². The SMILES string of the molecule is CNC(C)(COCC(F)F)C(=O)OC. The van der Waals surface area contributed by atoms with Gasteiger partial charge in [-0.25, -0.2) is 13.6 Å². The Balaban J connectivity index is 4.06. The second kappa shape index (κ2) is 5.87. The molecule has 0 aliphatic rings. The zero-order chi connectivity index (χ0) is 11.2. The van der Waals surface area contributed by atoms with Crippen LogP contribution < -0.4 is 5.32 Å². The van der Waals surface area contributed by atoms with Gasteiger partial charge in [0.25, 0.3) is 6.43 Å². The number of likely N-dealkylation sites (N-methyl/N-ethyl adjacent to an activating group) is 1. The van der Waals surface area contributed by atoms with Crippen molar-refractivity contribution in [2.24, 2.45) is 0 Å². The number of esters is 1. The molecule has 1 atom stereocenters. The Morgan fingerprint density at radius 2 is 2.14 bits per heavy atom. The fourth-order valence-electron chi connectivity index (χ4n) is 0.811. The normalized spacial score (nSPS) is 15.3. The molecule has 0 saturated heterocycles. The average Bonchev–Trinajstić information content (AvgIpc) is 2.15. The van der Waals surface area contributed by atoms with Crippen molar-refractivity contribution in [3.05, 3.63) is 0 Å². The van der Waals surface area contributed by atoms with Crippen LogP contribution in [0.4, 0.5) is 8.78 Å². The van der Waals surface area contributed by atoms with Crippen molar-refractivity contribution in [2.75, 3.05) is 27.4 Å². The third kappa shape index (κ3) is 3.97. The zero-order valence-corrected chi connectivity index (χ0v) is 8.47. The van der Waals surface area contributed by atoms with Gasteiger partial charge in [-0.1, -0.05) is 0 Å². The Labute approximate surface area is 81.6 Å². The molecule has 0 aromatic rings. The fourth-order valence-corrected chi connectivity index (χ4v) is 0.811. The van der Waals surface area contributed by atoms with E-state index in [0.29, 0.717) is 0 Å². The second-order valence-corrected chi connectivity index (χ2v) is 2.98. The van der Waals surface area contributed by atoms with E-state index in [0.717, 1.165) is 0 Å². The second-order valence-electron chi connectivity index (χ2n) is 2.98. The molecule has 0 bridgehead atoms. The van der Waals surface area contributed by atoms with E-state index in [2.05, 4.69) is 14.8 Å². The Morgan fingerprint density at radius 3 is 2.50 bits per heavy atom. The molecule has 0 aromatic heterocycles. The first-order chi connectivity index (χ1) is 6.46. The predicted octanol–water partition coefficient (Wildman–Crippen LogP) is 0.419. The molecule has 0 rings (SSSR count). The highest BCUT2D eigenvalue weighted by Gasteiger charge is 2.33. The molecule has 0 amide bonds. The smallest absolute Gasteiger partial charge is 0.328 e. The Bertz CT molecular complexity index is 189. The van der Waals surface area contributed by atoms with Crippen LogP contribution in [0.1, 0.15) is 6.92 Å². The van der Waals surface area contributed by atoms with Gasteiger partial charge in [0.15, 0.2) is 0 Å². The van der Waals surface area contributed by atoms with Crippen molar-refractivity contribution >= 4 is 5.97 Å². The number of methoxy groups -OCH3 is 1. The van der Waals surface area contributed by atoms with Gasteiger partial charge in [0.05, 0.1) is 13.7 Å². The molecule has 0 radical (unpaired) electrons. The van der Waals surface area contributed by atoms with Crippen molar-refractivity contribution in [3.8, 4) is 0 Å². The molecule has 0 aliphatic carbocycles. The monoisotopic (exact) mass is 211 g/mol. The number of ether oxygens (including phenoxy) is 2. The van der Waals surface area contributed by atoms with Crippen LogP contribution in [0.3, 0.4) is 0 Å². The Hall–Kier alpha value is -0.750. The number of hydrogen-bond acceptors (Lipinski definition) is 4. The molecule has 0 spiro atoms. The lowest BCUT2D eigenvalue weighted by molar-refractivity contribution is -0.151. The molecule has 0 aliphatic heterocycles. The van der Waals surface area contributed by atoms with E-state index in [4.69, 9.17) is 0 Å². The van der Waals surface area contributed by atoms with Crippen molar-refractivity contribution in [2.45, 2.75) is 18.9 Å². The first-order valence-corrected chi connectivity index (χ1v) is 4.09. The van der Waals surface area contributed by atoms with Gasteiger partial charge in [0.1, 0.15) is 12.1 Å². The summed E-state index contributed by atoms with van der Waals surface area (Å²) in [6.45, 7) is 0.680. The highest BCUT2D eigenvalue weighted by molar-refractivity contribution is 5.80. The average molecular weight is 211 g/mol. The summed E-state index contributed by atoms with van der Waals surface area (Å²) in [7, 11) is 2.76. The minimum absolute atomic E-state index is 0.152. The number of nitrogens with one attached hydrogen (secondary N) is 1. The van der Waals surface area contributed by atoms with Gasteiger partial charge in [-0.05, 0) is 14.0 Å². The summed E-state index contributed by atoms with van der Waals surface area (Å²) in [6, 6.07) is 0. The van der Waals surface area contributed by atoms with E-state index in [1.807, 2.05) is 0 Å². The van der Waals surface area contributed by atoms with E-state index in [9.17, 15) is 13.6 Å². The maximum absolute atomic E-state index is 11.7. The highest BCUT2D eigenvalue weighted by Crippen LogP contribution is 2.07. The third-order valence-electron chi connectivity index (χ3n) is 1.82. The summed E-state index contributed by atoms with van der Waals surface area (Å²) in [5.41, 5.74) is -1.08. The van der Waals surface area contributed by atoms with Crippen LogP contribution in [-0.4, -0.2) is 45.3 Å². The summed E-state index contributed by atoms with van der Waals surface area (Å²) in [6.07, 6.45) is -2.53. The number of rotatable bonds is 6. The Kier molecular flexibility index (Phi) is 5.56. The van der Waals surface area contributed by atoms with Crippen LogP contribution >= 0.6 is 0 Å². The van der Waals surface area contributed by atoms with Crippen LogP contribution in [0.5, 0.6) is 0 Å². The van der Waals surface area contributed by atoms with Gasteiger partial charge < -0.3 is 14.8 Å². The molecule has 0 aromatic carbocycles. The van der Waals surface area contributed by atoms with Crippen LogP contribution in [0, 0.1) is 0 Å². The van der Waals surface area contributed by atoms with Crippen molar-refractivity contribution < 1.29 is 23.0 Å². The van der Waals surface area contributed by atoms with Crippen molar-refractivity contribution in [3.63, 3.8) is 0 Å². The van der Waals surface area contributed by atoms with E-state index >= 15 is 0 Å². The summed E-state index contributed by atoms with van der Waals surface area (Å²) < 4.78 is 32.6. The van der Waals surface area contributed by atoms with Gasteiger partial charge in [-0.2, -0.15) is 0 Å². The maximum Gasteiger partial charge on any atom is 0.328 e. The molecule has 0 fully saturated rings. The standard InChI is InChI=1S/C8H15F2NO3/c1-8(11-2,7(12)13-3)5-14-4-6(9)10/h6,11H,4-5H2,1-3H3. The molecular formula is C8H15F2NO3. The minimum Gasteiger partial charge on any atom is -0.468 e. The van der Waals surface area contributed by atoms with Crippen LogP contribution in [0.2, 0.25) is 0 Å². The summed E-state index contributed by atoms with van der Waals surface area (Å²) in [5, 5.41) is 2.66. The molecule has 1 unspecified atom stereocenters. The van der Waals surface area contributed by atoms with Gasteiger partial charge >= 0.3 is 5.97 Å². The van der Waals surface area contributed by atoms with Gasteiger partial charge in [-0.15, -0.1) is 0 Å². The molecule has 0 saturated carbocycles. The van der Waals surface area contributed by atoms with E-state index in [-0.39, 0.29) is 6.61 Å². The lowest BCUT2D eigenvalue weighted by atomic mass is 10.1. The van der Waals surface area contributed by atoms with Gasteiger partial charge in [0.2, 0.25) is 0 Å². The molecular weight excluding hydrogens is 196 g/mol. The van der Waals surface area contributed by atoms with Crippen LogP contribution in [0.25, 0.3) is 0 Å². The summed E-state index contributed by atoms with van der Waals surface area (Å²) in [5.74, 6) is -0.547. The Morgan fingerprint density at radius 1 is 1.57 bits per heavy atom. The quantitative estimate of drug-likeness (QED) is 0.647. The van der Waals surface area contributed by atoms with Gasteiger partial charge in [0, 0.05) is 0 Å². The molecule has 0 heterocycles. The molecule has 6 heteroatoms. The maximum atomic E-state index is 11.7. The first kappa shape index (κ1) is 13.2. The van der Waals surface area contributed by atoms with E-state index in [1.54, 1.807) is 0 Å². The number of carbonyl (C=O) groups excluding carboxylic acids is 1. The van der Waals surface area contributed by atoms with Crippen molar-refractivity contribution in [1.29, 1.82) is 0 Å². The lowest BCUT2D eigenvalue weighted by Gasteiger charge is -2.25. The molecule has 1 N–H and O–H groups in total.